The first-order valence-electron chi connectivity index (χ1n) is 12.1. The summed E-state index contributed by atoms with van der Waals surface area (Å²) in [4.78, 5) is 2.32. The molecule has 0 aliphatic heterocycles. The van der Waals surface area contributed by atoms with Crippen molar-refractivity contribution >= 4 is 38.6 Å². The normalized spacial score (nSPS) is 11.1. The molecule has 0 bridgehead atoms. The summed E-state index contributed by atoms with van der Waals surface area (Å²) < 4.78 is 0. The summed E-state index contributed by atoms with van der Waals surface area (Å²) in [6.45, 7) is 4.25. The first-order valence-corrected chi connectivity index (χ1v) is 12.1. The molecule has 0 unspecified atom stereocenters. The molecule has 6 aromatic rings. The Balaban J connectivity index is 1.45. The van der Waals surface area contributed by atoms with Crippen LogP contribution in [0.25, 0.3) is 32.7 Å². The largest absolute Gasteiger partial charge is 0.311 e. The third-order valence-electron chi connectivity index (χ3n) is 6.77. The van der Waals surface area contributed by atoms with Crippen LogP contribution in [-0.4, -0.2) is 0 Å². The highest BCUT2D eigenvalue weighted by molar-refractivity contribution is 6.05. The number of fused-ring (bicyclic) bond motifs is 2. The summed E-state index contributed by atoms with van der Waals surface area (Å²) >= 11 is 0. The molecule has 1 nitrogen and oxygen atoms in total. The number of rotatable bonds is 4. The van der Waals surface area contributed by atoms with Gasteiger partial charge in [-0.05, 0) is 95.1 Å². The van der Waals surface area contributed by atoms with E-state index in [1.165, 1.54) is 43.8 Å². The molecule has 0 radical (unpaired) electrons. The molecule has 35 heavy (non-hydrogen) atoms. The lowest BCUT2D eigenvalue weighted by Crippen LogP contribution is -2.09. The lowest BCUT2D eigenvalue weighted by molar-refractivity contribution is 1.27. The molecule has 6 rings (SSSR count). The minimum atomic E-state index is 1.15. The van der Waals surface area contributed by atoms with Crippen molar-refractivity contribution in [3.8, 4) is 11.1 Å². The van der Waals surface area contributed by atoms with Gasteiger partial charge in [-0.25, -0.2) is 0 Å². The van der Waals surface area contributed by atoms with Gasteiger partial charge in [-0.2, -0.15) is 0 Å². The predicted molar refractivity (Wildman–Crippen MR) is 151 cm³/mol. The van der Waals surface area contributed by atoms with Crippen LogP contribution in [0, 0.1) is 13.8 Å². The van der Waals surface area contributed by atoms with E-state index in [2.05, 4.69) is 146 Å². The Morgan fingerprint density at radius 1 is 0.429 bits per heavy atom. The lowest BCUT2D eigenvalue weighted by Gasteiger charge is -2.26. The van der Waals surface area contributed by atoms with Crippen LogP contribution in [0.1, 0.15) is 11.1 Å². The van der Waals surface area contributed by atoms with E-state index >= 15 is 0 Å². The van der Waals surface area contributed by atoms with Gasteiger partial charge in [-0.1, -0.05) is 90.0 Å². The third kappa shape index (κ3) is 4.06. The van der Waals surface area contributed by atoms with Crippen LogP contribution in [-0.2, 0) is 0 Å². The molecular weight excluding hydrogens is 422 g/mol. The topological polar surface area (TPSA) is 3.24 Å². The molecule has 0 N–H and O–H groups in total. The number of hydrogen-bond donors (Lipinski definition) is 0. The maximum absolute atomic E-state index is 2.32. The molecule has 0 saturated carbocycles. The van der Waals surface area contributed by atoms with Crippen molar-refractivity contribution in [2.45, 2.75) is 13.8 Å². The average molecular weight is 450 g/mol. The van der Waals surface area contributed by atoms with Crippen molar-refractivity contribution < 1.29 is 0 Å². The average Bonchev–Trinajstić information content (AvgIpc) is 2.90. The first-order chi connectivity index (χ1) is 17.2. The Morgan fingerprint density at radius 3 is 1.49 bits per heavy atom. The molecular formula is C34H27N. The van der Waals surface area contributed by atoms with Crippen molar-refractivity contribution in [3.63, 3.8) is 0 Å². The Hall–Kier alpha value is -4.36. The van der Waals surface area contributed by atoms with Gasteiger partial charge in [0.2, 0.25) is 0 Å². The second-order valence-corrected chi connectivity index (χ2v) is 9.28. The minimum absolute atomic E-state index is 1.15. The molecule has 1 heteroatoms. The molecule has 0 atom stereocenters. The number of nitrogens with zero attached hydrogens (tertiary/aromatic N) is 1. The quantitative estimate of drug-likeness (QED) is 0.242. The van der Waals surface area contributed by atoms with Gasteiger partial charge in [0, 0.05) is 17.1 Å². The van der Waals surface area contributed by atoms with Gasteiger partial charge in [-0.15, -0.1) is 0 Å². The van der Waals surface area contributed by atoms with Crippen molar-refractivity contribution in [2.24, 2.45) is 0 Å². The summed E-state index contributed by atoms with van der Waals surface area (Å²) in [5.74, 6) is 0. The fourth-order valence-corrected chi connectivity index (χ4v) is 4.84. The highest BCUT2D eigenvalue weighted by atomic mass is 15.1. The fraction of sp³-hybridized carbons (Fsp3) is 0.0588. The Bertz CT molecular complexity index is 1580. The summed E-state index contributed by atoms with van der Waals surface area (Å²) in [6.07, 6.45) is 0. The van der Waals surface area contributed by atoms with Crippen LogP contribution in [0.15, 0.2) is 127 Å². The second-order valence-electron chi connectivity index (χ2n) is 9.28. The maximum atomic E-state index is 2.32. The molecule has 168 valence electrons. The van der Waals surface area contributed by atoms with E-state index in [1.807, 2.05) is 0 Å². The molecule has 0 aromatic heterocycles. The van der Waals surface area contributed by atoms with Crippen molar-refractivity contribution in [3.05, 3.63) is 139 Å². The molecule has 0 spiro atoms. The van der Waals surface area contributed by atoms with Crippen molar-refractivity contribution in [1.82, 2.24) is 0 Å². The second kappa shape index (κ2) is 8.77. The van der Waals surface area contributed by atoms with Gasteiger partial charge in [0.05, 0.1) is 0 Å². The predicted octanol–water partition coefficient (Wildman–Crippen LogP) is 9.75. The molecule has 0 aliphatic rings. The fourth-order valence-electron chi connectivity index (χ4n) is 4.84. The molecule has 6 aromatic carbocycles. The van der Waals surface area contributed by atoms with Crippen LogP contribution in [0.3, 0.4) is 0 Å². The van der Waals surface area contributed by atoms with Crippen LogP contribution in [0.2, 0.25) is 0 Å². The van der Waals surface area contributed by atoms with Crippen molar-refractivity contribution in [1.29, 1.82) is 0 Å². The van der Waals surface area contributed by atoms with E-state index in [9.17, 15) is 0 Å². The molecule has 0 amide bonds. The zero-order valence-electron chi connectivity index (χ0n) is 20.1. The summed E-state index contributed by atoms with van der Waals surface area (Å²) in [5.41, 5.74) is 8.46. The van der Waals surface area contributed by atoms with Crippen LogP contribution >= 0.6 is 0 Å². The van der Waals surface area contributed by atoms with E-state index in [0.29, 0.717) is 0 Å². The first kappa shape index (κ1) is 21.2. The molecule has 0 aliphatic carbocycles. The van der Waals surface area contributed by atoms with Gasteiger partial charge in [0.1, 0.15) is 0 Å². The smallest absolute Gasteiger partial charge is 0.0462 e. The molecule has 0 saturated heterocycles. The van der Waals surface area contributed by atoms with E-state index in [-0.39, 0.29) is 0 Å². The Labute approximate surface area is 206 Å². The number of anilines is 3. The van der Waals surface area contributed by atoms with Crippen LogP contribution < -0.4 is 4.90 Å². The number of hydrogen-bond acceptors (Lipinski definition) is 1. The zero-order chi connectivity index (χ0) is 23.8. The highest BCUT2D eigenvalue weighted by Crippen LogP contribution is 2.37. The van der Waals surface area contributed by atoms with Gasteiger partial charge in [0.15, 0.2) is 0 Å². The zero-order valence-corrected chi connectivity index (χ0v) is 20.1. The Morgan fingerprint density at radius 2 is 0.914 bits per heavy atom. The minimum Gasteiger partial charge on any atom is -0.311 e. The van der Waals surface area contributed by atoms with Gasteiger partial charge in [0.25, 0.3) is 0 Å². The van der Waals surface area contributed by atoms with Crippen LogP contribution in [0.4, 0.5) is 17.1 Å². The van der Waals surface area contributed by atoms with E-state index < -0.39 is 0 Å². The summed E-state index contributed by atoms with van der Waals surface area (Å²) in [5, 5.41) is 5.10. The SMILES string of the molecule is Cc1ccc(N(c2ccc(C)cc2)c2ccc(-c3cccc4cc5ccccc5cc34)cc2)cc1. The van der Waals surface area contributed by atoms with E-state index in [0.717, 1.165) is 17.1 Å². The van der Waals surface area contributed by atoms with Gasteiger partial charge < -0.3 is 4.90 Å². The summed E-state index contributed by atoms with van der Waals surface area (Å²) in [7, 11) is 0. The van der Waals surface area contributed by atoms with Crippen LogP contribution in [0.5, 0.6) is 0 Å². The van der Waals surface area contributed by atoms with Gasteiger partial charge in [-0.3, -0.25) is 0 Å². The standard InChI is InChI=1S/C34H27N/c1-24-10-16-30(17-11-24)35(31-18-12-25(2)13-19-31)32-20-14-26(15-21-32)33-9-5-8-29-22-27-6-3-4-7-28(27)23-34(29)33/h3-23H,1-2H3. The third-order valence-corrected chi connectivity index (χ3v) is 6.77. The molecule has 0 fully saturated rings. The number of aryl methyl sites for hydroxylation is 2. The van der Waals surface area contributed by atoms with E-state index in [1.54, 1.807) is 0 Å². The van der Waals surface area contributed by atoms with E-state index in [4.69, 9.17) is 0 Å². The van der Waals surface area contributed by atoms with Crippen molar-refractivity contribution in [2.75, 3.05) is 4.90 Å². The Kier molecular flexibility index (Phi) is 5.31. The maximum Gasteiger partial charge on any atom is 0.0462 e. The summed E-state index contributed by atoms with van der Waals surface area (Å²) in [6, 6.07) is 46.2. The lowest BCUT2D eigenvalue weighted by atomic mass is 9.95. The highest BCUT2D eigenvalue weighted by Gasteiger charge is 2.13. The monoisotopic (exact) mass is 449 g/mol. The van der Waals surface area contributed by atoms with Gasteiger partial charge >= 0.3 is 0 Å². The molecule has 0 heterocycles. The number of benzene rings is 6.